The number of methoxy groups -OCH3 is 1. The van der Waals surface area contributed by atoms with Crippen molar-refractivity contribution in [3.8, 4) is 5.88 Å². The van der Waals surface area contributed by atoms with Gasteiger partial charge in [0.05, 0.1) is 7.11 Å². The molecule has 1 aromatic rings. The molecule has 0 aromatic carbocycles. The highest BCUT2D eigenvalue weighted by molar-refractivity contribution is 7.17. The van der Waals surface area contributed by atoms with Gasteiger partial charge in [0, 0.05) is 20.5 Å². The molecular formula is C9H15N3O2S. The molecule has 1 rings (SSSR count). The van der Waals surface area contributed by atoms with E-state index in [4.69, 9.17) is 10.5 Å². The van der Waals surface area contributed by atoms with E-state index in [9.17, 15) is 4.79 Å². The van der Waals surface area contributed by atoms with Crippen molar-refractivity contribution in [2.24, 2.45) is 5.73 Å². The van der Waals surface area contributed by atoms with Gasteiger partial charge < -0.3 is 15.4 Å². The first-order valence-electron chi connectivity index (χ1n) is 4.55. The highest BCUT2D eigenvalue weighted by Gasteiger charge is 2.18. The van der Waals surface area contributed by atoms with Crippen LogP contribution in [0.25, 0.3) is 0 Å². The fourth-order valence-corrected chi connectivity index (χ4v) is 1.97. The number of rotatable bonds is 5. The number of aromatic nitrogens is 1. The quantitative estimate of drug-likeness (QED) is 0.754. The van der Waals surface area contributed by atoms with Gasteiger partial charge in [-0.25, -0.2) is 0 Å². The number of thiazole rings is 1. The number of ketones is 1. The summed E-state index contributed by atoms with van der Waals surface area (Å²) >= 11 is 1.32. The van der Waals surface area contributed by atoms with Crippen molar-refractivity contribution < 1.29 is 9.53 Å². The molecule has 0 amide bonds. The summed E-state index contributed by atoms with van der Waals surface area (Å²) in [4.78, 5) is 18.2. The Morgan fingerprint density at radius 2 is 2.27 bits per heavy atom. The van der Waals surface area contributed by atoms with E-state index < -0.39 is 0 Å². The van der Waals surface area contributed by atoms with Crippen molar-refractivity contribution in [2.45, 2.75) is 6.42 Å². The number of carbonyl (C=O) groups is 1. The van der Waals surface area contributed by atoms with E-state index in [0.717, 1.165) is 5.13 Å². The molecule has 0 fully saturated rings. The van der Waals surface area contributed by atoms with Crippen LogP contribution in [0.3, 0.4) is 0 Å². The number of Topliss-reactive ketones (excluding diaryl/α,β-unsaturated/α-hetero) is 1. The lowest BCUT2D eigenvalue weighted by Gasteiger charge is -2.04. The summed E-state index contributed by atoms with van der Waals surface area (Å²) in [6.45, 7) is 0.344. The van der Waals surface area contributed by atoms with E-state index in [1.807, 2.05) is 19.0 Å². The highest BCUT2D eigenvalue weighted by Crippen LogP contribution is 2.31. The van der Waals surface area contributed by atoms with Crippen molar-refractivity contribution in [1.82, 2.24) is 4.98 Å². The normalized spacial score (nSPS) is 10.1. The molecular weight excluding hydrogens is 214 g/mol. The molecule has 0 spiro atoms. The van der Waals surface area contributed by atoms with Crippen LogP contribution in [0.4, 0.5) is 5.13 Å². The Hall–Kier alpha value is -1.14. The molecule has 0 saturated heterocycles. The lowest BCUT2D eigenvalue weighted by Crippen LogP contribution is -2.07. The molecule has 0 bridgehead atoms. The maximum Gasteiger partial charge on any atom is 0.237 e. The SMILES string of the molecule is COc1nc(N(C)C)sc1C(=O)CCN. The molecule has 0 radical (unpaired) electrons. The largest absolute Gasteiger partial charge is 0.480 e. The average molecular weight is 229 g/mol. The van der Waals surface area contributed by atoms with Crippen molar-refractivity contribution in [2.75, 3.05) is 32.6 Å². The van der Waals surface area contributed by atoms with Gasteiger partial charge in [0.15, 0.2) is 10.9 Å². The third kappa shape index (κ3) is 2.66. The Balaban J connectivity index is 3.00. The Kier molecular flexibility index (Phi) is 4.05. The van der Waals surface area contributed by atoms with Crippen molar-refractivity contribution in [1.29, 1.82) is 0 Å². The van der Waals surface area contributed by atoms with Crippen LogP contribution in [0.15, 0.2) is 0 Å². The summed E-state index contributed by atoms with van der Waals surface area (Å²) in [7, 11) is 5.25. The number of nitrogens with two attached hydrogens (primary N) is 1. The van der Waals surface area contributed by atoms with Gasteiger partial charge in [-0.2, -0.15) is 4.98 Å². The van der Waals surface area contributed by atoms with Gasteiger partial charge >= 0.3 is 0 Å². The highest BCUT2D eigenvalue weighted by atomic mass is 32.1. The maximum absolute atomic E-state index is 11.7. The van der Waals surface area contributed by atoms with Gasteiger partial charge in [-0.1, -0.05) is 11.3 Å². The smallest absolute Gasteiger partial charge is 0.237 e. The second kappa shape index (κ2) is 5.09. The molecule has 0 aliphatic heterocycles. The van der Waals surface area contributed by atoms with Crippen LogP contribution in [0.1, 0.15) is 16.1 Å². The fraction of sp³-hybridized carbons (Fsp3) is 0.556. The molecule has 0 atom stereocenters. The fourth-order valence-electron chi connectivity index (χ4n) is 1.05. The number of hydrogen-bond donors (Lipinski definition) is 1. The zero-order valence-corrected chi connectivity index (χ0v) is 9.93. The molecule has 5 nitrogen and oxygen atoms in total. The van der Waals surface area contributed by atoms with Gasteiger partial charge in [0.25, 0.3) is 0 Å². The number of carbonyl (C=O) groups excluding carboxylic acids is 1. The van der Waals surface area contributed by atoms with Gasteiger partial charge in [0.1, 0.15) is 4.88 Å². The summed E-state index contributed by atoms with van der Waals surface area (Å²) in [6, 6.07) is 0. The van der Waals surface area contributed by atoms with Crippen LogP contribution in [-0.4, -0.2) is 38.5 Å². The molecule has 0 aliphatic carbocycles. The zero-order chi connectivity index (χ0) is 11.4. The lowest BCUT2D eigenvalue weighted by molar-refractivity contribution is 0.0986. The molecule has 0 aliphatic rings. The van der Waals surface area contributed by atoms with E-state index in [2.05, 4.69) is 4.98 Å². The average Bonchev–Trinajstić information content (AvgIpc) is 2.61. The molecule has 15 heavy (non-hydrogen) atoms. The predicted octanol–water partition coefficient (Wildman–Crippen LogP) is 0.749. The first-order valence-corrected chi connectivity index (χ1v) is 5.37. The molecule has 0 saturated carbocycles. The van der Waals surface area contributed by atoms with Crippen LogP contribution in [-0.2, 0) is 0 Å². The predicted molar refractivity (Wildman–Crippen MR) is 61.0 cm³/mol. The maximum atomic E-state index is 11.7. The molecule has 0 unspecified atom stereocenters. The Labute approximate surface area is 92.9 Å². The van der Waals surface area contributed by atoms with E-state index >= 15 is 0 Å². The summed E-state index contributed by atoms with van der Waals surface area (Å²) in [5.74, 6) is 0.377. The third-order valence-electron chi connectivity index (χ3n) is 1.79. The molecule has 84 valence electrons. The van der Waals surface area contributed by atoms with E-state index in [-0.39, 0.29) is 5.78 Å². The minimum Gasteiger partial charge on any atom is -0.480 e. The van der Waals surface area contributed by atoms with Crippen molar-refractivity contribution in [3.05, 3.63) is 4.88 Å². The van der Waals surface area contributed by atoms with E-state index in [0.29, 0.717) is 23.7 Å². The van der Waals surface area contributed by atoms with Gasteiger partial charge in [-0.3, -0.25) is 4.79 Å². The van der Waals surface area contributed by atoms with Gasteiger partial charge in [-0.15, -0.1) is 0 Å². The number of nitrogens with zero attached hydrogens (tertiary/aromatic N) is 2. The van der Waals surface area contributed by atoms with Crippen LogP contribution in [0, 0.1) is 0 Å². The monoisotopic (exact) mass is 229 g/mol. The molecule has 6 heteroatoms. The first kappa shape index (κ1) is 11.9. The standard InChI is InChI=1S/C9H15N3O2S/c1-12(2)9-11-8(14-3)7(15-9)6(13)4-5-10/h4-5,10H2,1-3H3. The van der Waals surface area contributed by atoms with Crippen molar-refractivity contribution in [3.63, 3.8) is 0 Å². The zero-order valence-electron chi connectivity index (χ0n) is 9.11. The number of anilines is 1. The van der Waals surface area contributed by atoms with Crippen molar-refractivity contribution >= 4 is 22.3 Å². The summed E-state index contributed by atoms with van der Waals surface area (Å²) in [6.07, 6.45) is 0.325. The summed E-state index contributed by atoms with van der Waals surface area (Å²) in [5, 5.41) is 0.757. The third-order valence-corrected chi connectivity index (χ3v) is 3.03. The molecule has 1 aromatic heterocycles. The van der Waals surface area contributed by atoms with Crippen LogP contribution in [0.2, 0.25) is 0 Å². The second-order valence-corrected chi connectivity index (χ2v) is 4.17. The number of hydrogen-bond acceptors (Lipinski definition) is 6. The Morgan fingerprint density at radius 3 is 2.73 bits per heavy atom. The van der Waals surface area contributed by atoms with Gasteiger partial charge in [-0.05, 0) is 6.54 Å². The van der Waals surface area contributed by atoms with Crippen LogP contribution >= 0.6 is 11.3 Å². The lowest BCUT2D eigenvalue weighted by atomic mass is 10.2. The number of ether oxygens (including phenoxy) is 1. The minimum absolute atomic E-state index is 0.0139. The molecule has 2 N–H and O–H groups in total. The second-order valence-electron chi connectivity index (χ2n) is 3.19. The summed E-state index contributed by atoms with van der Waals surface area (Å²) in [5.41, 5.74) is 5.34. The topological polar surface area (TPSA) is 68.5 Å². The summed E-state index contributed by atoms with van der Waals surface area (Å²) < 4.78 is 5.05. The van der Waals surface area contributed by atoms with E-state index in [1.165, 1.54) is 18.4 Å². The molecule has 1 heterocycles. The minimum atomic E-state index is -0.0139. The Bertz CT molecular complexity index is 349. The van der Waals surface area contributed by atoms with E-state index in [1.54, 1.807) is 0 Å². The van der Waals surface area contributed by atoms with Crippen LogP contribution in [0.5, 0.6) is 5.88 Å². The Morgan fingerprint density at radius 1 is 1.60 bits per heavy atom. The first-order chi connectivity index (χ1) is 7.10. The van der Waals surface area contributed by atoms with Crippen LogP contribution < -0.4 is 15.4 Å². The van der Waals surface area contributed by atoms with Gasteiger partial charge in [0.2, 0.25) is 5.88 Å².